The van der Waals surface area contributed by atoms with Crippen molar-refractivity contribution in [2.24, 2.45) is 0 Å². The first-order chi connectivity index (χ1) is 26.0. The zero-order chi connectivity index (χ0) is 38.7. The first kappa shape index (κ1) is 50.9. The van der Waals surface area contributed by atoms with Crippen LogP contribution in [-0.4, -0.2) is 37.2 Å². The summed E-state index contributed by atoms with van der Waals surface area (Å²) in [4.78, 5) is 37.3. The molecule has 0 fully saturated rings. The molecule has 0 saturated heterocycles. The van der Waals surface area contributed by atoms with Gasteiger partial charge >= 0.3 is 17.9 Å². The number of esters is 3. The smallest absolute Gasteiger partial charge is 0.306 e. The summed E-state index contributed by atoms with van der Waals surface area (Å²) in [6, 6.07) is 0. The van der Waals surface area contributed by atoms with E-state index in [0.717, 1.165) is 64.2 Å². The zero-order valence-electron chi connectivity index (χ0n) is 35.3. The highest BCUT2D eigenvalue weighted by Crippen LogP contribution is 2.14. The minimum absolute atomic E-state index is 0.0704. The number of rotatable bonds is 41. The molecule has 6 heteroatoms. The molecule has 53 heavy (non-hydrogen) atoms. The standard InChI is InChI=1S/C47H86O6/c1-4-7-10-13-16-17-18-19-20-21-22-23-24-25-26-27-28-29-30-31-32-35-37-40-46(49)52-43-44(53-47(50)41-38-34-15-12-9-6-3)42-51-45(48)39-36-33-14-11-8-5-2/h18-19,21-22,44H,4-17,20,23-43H2,1-3H3/b19-18-,22-21-. The van der Waals surface area contributed by atoms with Crippen molar-refractivity contribution < 1.29 is 28.6 Å². The van der Waals surface area contributed by atoms with E-state index in [0.29, 0.717) is 19.3 Å². The Bertz CT molecular complexity index is 865. The predicted molar refractivity (Wildman–Crippen MR) is 224 cm³/mol. The normalized spacial score (nSPS) is 12.1. The maximum absolute atomic E-state index is 12.5. The van der Waals surface area contributed by atoms with Crippen LogP contribution < -0.4 is 0 Å². The lowest BCUT2D eigenvalue weighted by molar-refractivity contribution is -0.167. The van der Waals surface area contributed by atoms with Crippen molar-refractivity contribution in [1.29, 1.82) is 0 Å². The number of carbonyl (C=O) groups excluding carboxylic acids is 3. The Morgan fingerprint density at radius 2 is 0.679 bits per heavy atom. The minimum Gasteiger partial charge on any atom is -0.462 e. The number of hydrogen-bond acceptors (Lipinski definition) is 6. The molecule has 0 rings (SSSR count). The van der Waals surface area contributed by atoms with Crippen LogP contribution in [-0.2, 0) is 28.6 Å². The van der Waals surface area contributed by atoms with Gasteiger partial charge in [0.25, 0.3) is 0 Å². The lowest BCUT2D eigenvalue weighted by Gasteiger charge is -2.18. The molecule has 0 amide bonds. The van der Waals surface area contributed by atoms with E-state index >= 15 is 0 Å². The maximum atomic E-state index is 12.5. The molecule has 6 nitrogen and oxygen atoms in total. The molecule has 0 saturated carbocycles. The van der Waals surface area contributed by atoms with Gasteiger partial charge in [-0.05, 0) is 51.4 Å². The fourth-order valence-electron chi connectivity index (χ4n) is 6.47. The molecule has 0 N–H and O–H groups in total. The van der Waals surface area contributed by atoms with E-state index in [9.17, 15) is 14.4 Å². The lowest BCUT2D eigenvalue weighted by atomic mass is 10.0. The minimum atomic E-state index is -0.760. The predicted octanol–water partition coefficient (Wildman–Crippen LogP) is 14.4. The molecule has 0 bridgehead atoms. The number of ether oxygens (including phenoxy) is 3. The zero-order valence-corrected chi connectivity index (χ0v) is 35.3. The number of allylic oxidation sites excluding steroid dienone is 4. The van der Waals surface area contributed by atoms with Crippen molar-refractivity contribution in [3.05, 3.63) is 24.3 Å². The molecule has 0 aliphatic rings. The van der Waals surface area contributed by atoms with Crippen LogP contribution in [0.25, 0.3) is 0 Å². The molecular formula is C47H86O6. The van der Waals surface area contributed by atoms with Gasteiger partial charge in [0.15, 0.2) is 6.10 Å². The van der Waals surface area contributed by atoms with E-state index < -0.39 is 6.10 Å². The van der Waals surface area contributed by atoms with E-state index in [-0.39, 0.29) is 31.1 Å². The average Bonchev–Trinajstić information content (AvgIpc) is 3.15. The summed E-state index contributed by atoms with van der Waals surface area (Å²) in [5, 5.41) is 0. The number of hydrogen-bond donors (Lipinski definition) is 0. The van der Waals surface area contributed by atoms with Crippen molar-refractivity contribution in [2.45, 2.75) is 245 Å². The first-order valence-electron chi connectivity index (χ1n) is 22.8. The molecular weight excluding hydrogens is 661 g/mol. The maximum Gasteiger partial charge on any atom is 0.306 e. The first-order valence-corrected chi connectivity index (χ1v) is 22.8. The summed E-state index contributed by atoms with van der Waals surface area (Å²) >= 11 is 0. The van der Waals surface area contributed by atoms with Gasteiger partial charge in [-0.3, -0.25) is 14.4 Å². The third kappa shape index (κ3) is 40.9. The third-order valence-corrected chi connectivity index (χ3v) is 9.96. The Balaban J connectivity index is 3.99. The largest absolute Gasteiger partial charge is 0.462 e. The third-order valence-electron chi connectivity index (χ3n) is 9.96. The molecule has 0 spiro atoms. The summed E-state index contributed by atoms with van der Waals surface area (Å²) in [7, 11) is 0. The molecule has 0 aromatic carbocycles. The Morgan fingerprint density at radius 3 is 1.04 bits per heavy atom. The number of carbonyl (C=O) groups is 3. The molecule has 0 radical (unpaired) electrons. The van der Waals surface area contributed by atoms with Gasteiger partial charge in [-0.15, -0.1) is 0 Å². The summed E-state index contributed by atoms with van der Waals surface area (Å²) in [5.74, 6) is -0.889. The van der Waals surface area contributed by atoms with Crippen LogP contribution in [0.1, 0.15) is 239 Å². The SMILES string of the molecule is CCCCCCC/C=C\C/C=C\CCCCCCCCCCCCCC(=O)OCC(COC(=O)CCCCCCCC)OC(=O)CCCCCCCC. The fraction of sp³-hybridized carbons (Fsp3) is 0.851. The highest BCUT2D eigenvalue weighted by molar-refractivity contribution is 5.71. The highest BCUT2D eigenvalue weighted by Gasteiger charge is 2.19. The summed E-state index contributed by atoms with van der Waals surface area (Å²) in [6.07, 6.45) is 46.4. The average molecular weight is 747 g/mol. The van der Waals surface area contributed by atoms with Gasteiger partial charge in [-0.1, -0.05) is 193 Å². The van der Waals surface area contributed by atoms with Gasteiger partial charge < -0.3 is 14.2 Å². The molecule has 1 unspecified atom stereocenters. The van der Waals surface area contributed by atoms with Crippen molar-refractivity contribution in [2.75, 3.05) is 13.2 Å². The molecule has 0 aromatic rings. The fourth-order valence-corrected chi connectivity index (χ4v) is 6.47. The second-order valence-corrected chi connectivity index (χ2v) is 15.3. The Kier molecular flexibility index (Phi) is 40.9. The van der Waals surface area contributed by atoms with Crippen LogP contribution in [0, 0.1) is 0 Å². The molecule has 0 aliphatic heterocycles. The lowest BCUT2D eigenvalue weighted by Crippen LogP contribution is -2.30. The van der Waals surface area contributed by atoms with Gasteiger partial charge in [0, 0.05) is 19.3 Å². The van der Waals surface area contributed by atoms with Crippen LogP contribution in [0.2, 0.25) is 0 Å². The Morgan fingerprint density at radius 1 is 0.377 bits per heavy atom. The summed E-state index contributed by atoms with van der Waals surface area (Å²) in [5.41, 5.74) is 0. The van der Waals surface area contributed by atoms with Gasteiger partial charge in [-0.25, -0.2) is 0 Å². The van der Waals surface area contributed by atoms with Crippen LogP contribution >= 0.6 is 0 Å². The molecule has 0 aromatic heterocycles. The van der Waals surface area contributed by atoms with Crippen molar-refractivity contribution in [3.63, 3.8) is 0 Å². The van der Waals surface area contributed by atoms with Crippen LogP contribution in [0.5, 0.6) is 0 Å². The summed E-state index contributed by atoms with van der Waals surface area (Å²) in [6.45, 7) is 6.50. The van der Waals surface area contributed by atoms with E-state index in [2.05, 4.69) is 45.1 Å². The summed E-state index contributed by atoms with van der Waals surface area (Å²) < 4.78 is 16.5. The van der Waals surface area contributed by atoms with Gasteiger partial charge in [0.2, 0.25) is 0 Å². The van der Waals surface area contributed by atoms with Crippen molar-refractivity contribution in [3.8, 4) is 0 Å². The van der Waals surface area contributed by atoms with E-state index in [1.807, 2.05) is 0 Å². The monoisotopic (exact) mass is 747 g/mol. The van der Waals surface area contributed by atoms with Crippen LogP contribution in [0.3, 0.4) is 0 Å². The highest BCUT2D eigenvalue weighted by atomic mass is 16.6. The second-order valence-electron chi connectivity index (χ2n) is 15.3. The number of unbranched alkanes of at least 4 members (excludes halogenated alkanes) is 26. The van der Waals surface area contributed by atoms with E-state index in [4.69, 9.17) is 14.2 Å². The van der Waals surface area contributed by atoms with Crippen LogP contribution in [0.15, 0.2) is 24.3 Å². The van der Waals surface area contributed by atoms with Gasteiger partial charge in [-0.2, -0.15) is 0 Å². The molecule has 0 heterocycles. The van der Waals surface area contributed by atoms with Gasteiger partial charge in [0.05, 0.1) is 0 Å². The van der Waals surface area contributed by atoms with E-state index in [1.165, 1.54) is 135 Å². The van der Waals surface area contributed by atoms with Crippen molar-refractivity contribution >= 4 is 17.9 Å². The molecule has 0 aliphatic carbocycles. The Labute approximate surface area is 328 Å². The van der Waals surface area contributed by atoms with Crippen LogP contribution in [0.4, 0.5) is 0 Å². The van der Waals surface area contributed by atoms with E-state index in [1.54, 1.807) is 0 Å². The molecule has 310 valence electrons. The topological polar surface area (TPSA) is 78.9 Å². The Hall–Kier alpha value is -2.11. The van der Waals surface area contributed by atoms with Gasteiger partial charge in [0.1, 0.15) is 13.2 Å². The second kappa shape index (κ2) is 42.6. The quantitative estimate of drug-likeness (QED) is 0.0268. The van der Waals surface area contributed by atoms with Crippen molar-refractivity contribution in [1.82, 2.24) is 0 Å². The molecule has 1 atom stereocenters.